The summed E-state index contributed by atoms with van der Waals surface area (Å²) in [5, 5.41) is 12.7. The van der Waals surface area contributed by atoms with Gasteiger partial charge in [-0.1, -0.05) is 18.2 Å². The summed E-state index contributed by atoms with van der Waals surface area (Å²) < 4.78 is 20.7. The number of anilines is 1. The molecule has 7 nitrogen and oxygen atoms in total. The Kier molecular flexibility index (Phi) is 7.25. The van der Waals surface area contributed by atoms with E-state index in [0.29, 0.717) is 25.1 Å². The van der Waals surface area contributed by atoms with Gasteiger partial charge in [-0.25, -0.2) is 4.39 Å². The van der Waals surface area contributed by atoms with Crippen LogP contribution in [-0.4, -0.2) is 48.6 Å². The zero-order valence-corrected chi connectivity index (χ0v) is 19.3. The summed E-state index contributed by atoms with van der Waals surface area (Å²) in [6.45, 7) is 2.69. The van der Waals surface area contributed by atoms with Gasteiger partial charge in [0, 0.05) is 38.7 Å². The summed E-state index contributed by atoms with van der Waals surface area (Å²) in [7, 11) is 0. The second-order valence-corrected chi connectivity index (χ2v) is 8.92. The van der Waals surface area contributed by atoms with Crippen LogP contribution in [0.2, 0.25) is 0 Å². The highest BCUT2D eigenvalue weighted by atomic mass is 19.1. The average Bonchev–Trinajstić information content (AvgIpc) is 3.16. The molecule has 0 spiro atoms. The summed E-state index contributed by atoms with van der Waals surface area (Å²) in [6, 6.07) is 10.6. The van der Waals surface area contributed by atoms with Crippen molar-refractivity contribution in [3.8, 4) is 17.2 Å². The molecule has 1 heterocycles. The smallest absolute Gasteiger partial charge is 0.247 e. The number of carbonyl (C=O) groups excluding carboxylic acids is 2. The molecule has 2 amide bonds. The molecule has 1 aliphatic heterocycles. The summed E-state index contributed by atoms with van der Waals surface area (Å²) >= 11 is 0. The Balaban J connectivity index is 1.56. The van der Waals surface area contributed by atoms with Gasteiger partial charge in [-0.05, 0) is 65.6 Å². The van der Waals surface area contributed by atoms with Crippen molar-refractivity contribution in [3.63, 3.8) is 0 Å². The summed E-state index contributed by atoms with van der Waals surface area (Å²) in [4.78, 5) is 25.0. The van der Waals surface area contributed by atoms with Gasteiger partial charge in [0.2, 0.25) is 11.8 Å². The molecule has 2 atom stereocenters. The second-order valence-electron chi connectivity index (χ2n) is 8.92. The van der Waals surface area contributed by atoms with Crippen molar-refractivity contribution in [1.82, 2.24) is 4.90 Å². The van der Waals surface area contributed by atoms with Crippen LogP contribution in [0.4, 0.5) is 10.1 Å². The van der Waals surface area contributed by atoms with Crippen molar-refractivity contribution >= 4 is 17.5 Å². The fourth-order valence-electron chi connectivity index (χ4n) is 4.93. The van der Waals surface area contributed by atoms with Crippen molar-refractivity contribution in [3.05, 3.63) is 52.8 Å². The van der Waals surface area contributed by atoms with Crippen molar-refractivity contribution in [2.45, 2.75) is 51.2 Å². The van der Waals surface area contributed by atoms with Gasteiger partial charge in [0.05, 0.1) is 6.07 Å². The number of amides is 2. The van der Waals surface area contributed by atoms with Gasteiger partial charge in [-0.15, -0.1) is 0 Å². The maximum atomic E-state index is 15.2. The third-order valence-electron chi connectivity index (χ3n) is 6.59. The van der Waals surface area contributed by atoms with Crippen LogP contribution in [0.25, 0.3) is 11.1 Å². The Morgan fingerprint density at radius 1 is 1.26 bits per heavy atom. The molecule has 1 saturated heterocycles. The van der Waals surface area contributed by atoms with E-state index in [4.69, 9.17) is 10.5 Å². The van der Waals surface area contributed by atoms with Gasteiger partial charge in [0.15, 0.2) is 0 Å². The maximum absolute atomic E-state index is 15.2. The number of nitrogens with zero attached hydrogens (tertiary/aromatic N) is 2. The van der Waals surface area contributed by atoms with Gasteiger partial charge in [-0.3, -0.25) is 14.5 Å². The zero-order valence-electron chi connectivity index (χ0n) is 19.3. The van der Waals surface area contributed by atoms with Crippen LogP contribution in [0, 0.1) is 17.1 Å². The molecule has 34 heavy (non-hydrogen) atoms. The number of fused-ring (bicyclic) bond motifs is 1. The minimum atomic E-state index is -0.770. The van der Waals surface area contributed by atoms with E-state index in [1.807, 2.05) is 23.1 Å². The molecule has 0 unspecified atom stereocenters. The van der Waals surface area contributed by atoms with E-state index < -0.39 is 18.1 Å². The van der Waals surface area contributed by atoms with E-state index >= 15 is 4.39 Å². The first-order valence-electron chi connectivity index (χ1n) is 11.6. The van der Waals surface area contributed by atoms with Gasteiger partial charge >= 0.3 is 0 Å². The van der Waals surface area contributed by atoms with E-state index in [1.54, 1.807) is 6.07 Å². The number of carbonyl (C=O) groups is 2. The van der Waals surface area contributed by atoms with Crippen molar-refractivity contribution in [2.75, 3.05) is 25.0 Å². The Morgan fingerprint density at radius 2 is 2.06 bits per heavy atom. The molecule has 1 aliphatic carbocycles. The number of primary amides is 1. The minimum Gasteiger partial charge on any atom is -0.367 e. The Hall–Kier alpha value is -3.28. The van der Waals surface area contributed by atoms with Crippen LogP contribution in [0.5, 0.6) is 0 Å². The molecule has 2 aliphatic rings. The lowest BCUT2D eigenvalue weighted by Crippen LogP contribution is -2.45. The SMILES string of the molecule is CC(=O)Nc1ccc(-c2ccc(C[C@@H](C#N)N3CCCO[C@H](C(N)=O)C3)c(F)c2)c2c1CCC2. The Labute approximate surface area is 198 Å². The lowest BCUT2D eigenvalue weighted by molar-refractivity contribution is -0.129. The van der Waals surface area contributed by atoms with Gasteiger partial charge < -0.3 is 15.8 Å². The molecule has 2 aromatic carbocycles. The molecule has 8 heteroatoms. The molecule has 0 saturated carbocycles. The average molecular weight is 465 g/mol. The molecular formula is C26H29FN4O3. The molecule has 0 radical (unpaired) electrons. The standard InChI is InChI=1S/C26H29FN4O3/c1-16(32)30-24-9-8-20(21-4-2-5-22(21)24)17-6-7-18(23(27)13-17)12-19(14-28)31-10-3-11-34-25(15-31)26(29)33/h6-9,13,19,25H,2-5,10-12,15H2,1H3,(H2,29,33)(H,30,32)/t19-,25-/m0/s1. The molecule has 0 aromatic heterocycles. The van der Waals surface area contributed by atoms with E-state index in [9.17, 15) is 14.9 Å². The van der Waals surface area contributed by atoms with Gasteiger partial charge in [0.25, 0.3) is 0 Å². The molecular weight excluding hydrogens is 435 g/mol. The third kappa shape index (κ3) is 5.11. The first kappa shape index (κ1) is 23.9. The first-order chi connectivity index (χ1) is 16.4. The summed E-state index contributed by atoms with van der Waals surface area (Å²) in [6.07, 6.45) is 2.87. The Morgan fingerprint density at radius 3 is 2.76 bits per heavy atom. The number of hydrogen-bond acceptors (Lipinski definition) is 5. The number of ether oxygens (including phenoxy) is 1. The number of hydrogen-bond donors (Lipinski definition) is 2. The Bertz CT molecular complexity index is 1140. The van der Waals surface area contributed by atoms with E-state index in [1.165, 1.54) is 13.0 Å². The lowest BCUT2D eigenvalue weighted by atomic mass is 9.94. The molecule has 0 bridgehead atoms. The highest BCUT2D eigenvalue weighted by Crippen LogP contribution is 2.37. The largest absolute Gasteiger partial charge is 0.367 e. The van der Waals surface area contributed by atoms with Gasteiger partial charge in [0.1, 0.15) is 18.0 Å². The molecule has 4 rings (SSSR count). The maximum Gasteiger partial charge on any atom is 0.247 e. The lowest BCUT2D eigenvalue weighted by Gasteiger charge is -2.27. The normalized spacial score (nSPS) is 19.0. The van der Waals surface area contributed by atoms with E-state index in [2.05, 4.69) is 11.4 Å². The highest BCUT2D eigenvalue weighted by Gasteiger charge is 2.28. The number of nitriles is 1. The fourth-order valence-corrected chi connectivity index (χ4v) is 4.93. The monoisotopic (exact) mass is 464 g/mol. The first-order valence-corrected chi connectivity index (χ1v) is 11.6. The van der Waals surface area contributed by atoms with Crippen molar-refractivity contribution in [1.29, 1.82) is 5.26 Å². The van der Waals surface area contributed by atoms with Crippen molar-refractivity contribution < 1.29 is 18.7 Å². The molecule has 2 aromatic rings. The van der Waals surface area contributed by atoms with Crippen LogP contribution in [0.1, 0.15) is 36.5 Å². The van der Waals surface area contributed by atoms with E-state index in [0.717, 1.165) is 47.2 Å². The molecule has 178 valence electrons. The van der Waals surface area contributed by atoms with Crippen LogP contribution in [0.15, 0.2) is 30.3 Å². The molecule has 3 N–H and O–H groups in total. The number of rotatable bonds is 6. The number of nitrogens with one attached hydrogen (secondary N) is 1. The summed E-state index contributed by atoms with van der Waals surface area (Å²) in [5.41, 5.74) is 10.7. The van der Waals surface area contributed by atoms with Crippen LogP contribution < -0.4 is 11.1 Å². The number of halogens is 1. The predicted octanol–water partition coefficient (Wildman–Crippen LogP) is 2.95. The van der Waals surface area contributed by atoms with Crippen LogP contribution in [-0.2, 0) is 33.6 Å². The molecule has 1 fully saturated rings. The van der Waals surface area contributed by atoms with Crippen LogP contribution in [0.3, 0.4) is 0 Å². The van der Waals surface area contributed by atoms with E-state index in [-0.39, 0.29) is 24.7 Å². The quantitative estimate of drug-likeness (QED) is 0.683. The van der Waals surface area contributed by atoms with Crippen LogP contribution >= 0.6 is 0 Å². The summed E-state index contributed by atoms with van der Waals surface area (Å²) in [5.74, 6) is -1.04. The number of nitrogens with two attached hydrogens (primary N) is 1. The van der Waals surface area contributed by atoms with Crippen molar-refractivity contribution in [2.24, 2.45) is 5.73 Å². The number of benzene rings is 2. The minimum absolute atomic E-state index is 0.109. The fraction of sp³-hybridized carbons (Fsp3) is 0.423. The highest BCUT2D eigenvalue weighted by molar-refractivity contribution is 5.91. The predicted molar refractivity (Wildman–Crippen MR) is 126 cm³/mol. The topological polar surface area (TPSA) is 108 Å². The van der Waals surface area contributed by atoms with Gasteiger partial charge in [-0.2, -0.15) is 5.26 Å². The second kappa shape index (κ2) is 10.3. The zero-order chi connectivity index (χ0) is 24.2. The third-order valence-corrected chi connectivity index (χ3v) is 6.59.